The number of nitrogens with one attached hydrogen (secondary N) is 1. The first kappa shape index (κ1) is 20.7. The summed E-state index contributed by atoms with van der Waals surface area (Å²) in [6, 6.07) is 7.91. The minimum Gasteiger partial charge on any atom is -0.460 e. The highest BCUT2D eigenvalue weighted by molar-refractivity contribution is 7.13. The Bertz CT molecular complexity index is 1060. The Balaban J connectivity index is 1.31. The number of carbonyl (C=O) groups excluding carboxylic acids is 1. The van der Waals surface area contributed by atoms with Crippen LogP contribution in [0.25, 0.3) is 10.9 Å². The SMILES string of the molecule is C[C@@H](NC(=O)C[C@@H]1C[C@H]1c1cn(C)c2ccccc12)c1cnc(OCC(F)(F)F)s1. The molecular weight excluding hydrogens is 415 g/mol. The number of ether oxygens (including phenoxy) is 1. The molecule has 0 aliphatic heterocycles. The molecule has 0 spiro atoms. The van der Waals surface area contributed by atoms with Gasteiger partial charge in [0.05, 0.1) is 10.9 Å². The molecule has 30 heavy (non-hydrogen) atoms. The fourth-order valence-corrected chi connectivity index (χ4v) is 4.58. The minimum absolute atomic E-state index is 0.0540. The summed E-state index contributed by atoms with van der Waals surface area (Å²) >= 11 is 1.01. The van der Waals surface area contributed by atoms with Crippen molar-refractivity contribution in [3.05, 3.63) is 47.1 Å². The van der Waals surface area contributed by atoms with Gasteiger partial charge >= 0.3 is 6.18 Å². The number of benzene rings is 1. The Labute approximate surface area is 175 Å². The molecule has 2 aromatic heterocycles. The normalized spacial score (nSPS) is 19.6. The Kier molecular flexibility index (Phi) is 5.48. The van der Waals surface area contributed by atoms with Gasteiger partial charge in [0.15, 0.2) is 6.61 Å². The molecule has 160 valence electrons. The van der Waals surface area contributed by atoms with Crippen LogP contribution in [-0.4, -0.2) is 28.2 Å². The Hall–Kier alpha value is -2.55. The van der Waals surface area contributed by atoms with Crippen LogP contribution in [0.2, 0.25) is 0 Å². The third kappa shape index (κ3) is 4.61. The lowest BCUT2D eigenvalue weighted by Gasteiger charge is -2.11. The maximum absolute atomic E-state index is 12.5. The van der Waals surface area contributed by atoms with E-state index in [9.17, 15) is 18.0 Å². The van der Waals surface area contributed by atoms with Gasteiger partial charge in [0.1, 0.15) is 0 Å². The van der Waals surface area contributed by atoms with Crippen molar-refractivity contribution < 1.29 is 22.7 Å². The maximum atomic E-state index is 12.5. The number of rotatable bonds is 7. The molecule has 0 saturated heterocycles. The third-order valence-electron chi connectivity index (χ3n) is 5.36. The first-order chi connectivity index (χ1) is 14.2. The number of hydrogen-bond donors (Lipinski definition) is 1. The summed E-state index contributed by atoms with van der Waals surface area (Å²) < 4.78 is 43.5. The van der Waals surface area contributed by atoms with Crippen molar-refractivity contribution in [1.82, 2.24) is 14.9 Å². The summed E-state index contributed by atoms with van der Waals surface area (Å²) in [6.45, 7) is 0.409. The number of alkyl halides is 3. The summed E-state index contributed by atoms with van der Waals surface area (Å²) in [5, 5.41) is 4.10. The number of hydrogen-bond acceptors (Lipinski definition) is 4. The van der Waals surface area contributed by atoms with Gasteiger partial charge in [-0.2, -0.15) is 13.2 Å². The Morgan fingerprint density at radius 2 is 2.17 bits per heavy atom. The van der Waals surface area contributed by atoms with Crippen LogP contribution in [0.15, 0.2) is 36.7 Å². The summed E-state index contributed by atoms with van der Waals surface area (Å²) in [6.07, 6.45) is 0.587. The zero-order chi connectivity index (χ0) is 21.5. The van der Waals surface area contributed by atoms with Gasteiger partial charge in [-0.3, -0.25) is 4.79 Å². The average molecular weight is 437 g/mol. The van der Waals surface area contributed by atoms with Crippen LogP contribution in [0.3, 0.4) is 0 Å². The van der Waals surface area contributed by atoms with E-state index in [4.69, 9.17) is 0 Å². The Morgan fingerprint density at radius 3 is 2.93 bits per heavy atom. The van der Waals surface area contributed by atoms with Gasteiger partial charge in [-0.25, -0.2) is 4.98 Å². The number of halogens is 3. The predicted molar refractivity (Wildman–Crippen MR) is 109 cm³/mol. The fourth-order valence-electron chi connectivity index (χ4n) is 3.81. The molecule has 0 bridgehead atoms. The first-order valence-corrected chi connectivity index (χ1v) is 10.5. The third-order valence-corrected chi connectivity index (χ3v) is 6.46. The molecule has 2 heterocycles. The molecule has 0 radical (unpaired) electrons. The quantitative estimate of drug-likeness (QED) is 0.569. The lowest BCUT2D eigenvalue weighted by atomic mass is 10.1. The molecule has 9 heteroatoms. The molecule has 1 amide bonds. The van der Waals surface area contributed by atoms with Gasteiger partial charge in [0, 0.05) is 36.8 Å². The molecule has 4 rings (SSSR count). The van der Waals surface area contributed by atoms with Crippen LogP contribution in [-0.2, 0) is 11.8 Å². The van der Waals surface area contributed by atoms with E-state index in [2.05, 4.69) is 37.9 Å². The minimum atomic E-state index is -4.41. The number of nitrogens with zero attached hydrogens (tertiary/aromatic N) is 2. The number of thiazole rings is 1. The van der Waals surface area contributed by atoms with Gasteiger partial charge in [0.25, 0.3) is 5.19 Å². The molecule has 1 aliphatic carbocycles. The van der Waals surface area contributed by atoms with Gasteiger partial charge in [-0.1, -0.05) is 29.5 Å². The van der Waals surface area contributed by atoms with Crippen LogP contribution in [0, 0.1) is 5.92 Å². The van der Waals surface area contributed by atoms with Crippen molar-refractivity contribution in [1.29, 1.82) is 0 Å². The highest BCUT2D eigenvalue weighted by atomic mass is 32.1. The summed E-state index contributed by atoms with van der Waals surface area (Å²) in [5.41, 5.74) is 2.47. The molecule has 1 saturated carbocycles. The van der Waals surface area contributed by atoms with Crippen LogP contribution >= 0.6 is 11.3 Å². The number of aromatic nitrogens is 2. The molecular formula is C21H22F3N3O2S. The molecule has 1 fully saturated rings. The van der Waals surface area contributed by atoms with Gasteiger partial charge in [0.2, 0.25) is 5.91 Å². The number of aryl methyl sites for hydroxylation is 1. The molecule has 3 aromatic rings. The highest BCUT2D eigenvalue weighted by Crippen LogP contribution is 2.51. The van der Waals surface area contributed by atoms with Crippen molar-refractivity contribution in [2.45, 2.75) is 37.9 Å². The van der Waals surface area contributed by atoms with Gasteiger partial charge in [-0.05, 0) is 36.8 Å². The van der Waals surface area contributed by atoms with E-state index in [0.717, 1.165) is 17.8 Å². The van der Waals surface area contributed by atoms with E-state index in [1.165, 1.54) is 22.7 Å². The molecule has 1 aliphatic rings. The van der Waals surface area contributed by atoms with Gasteiger partial charge < -0.3 is 14.6 Å². The van der Waals surface area contributed by atoms with Crippen LogP contribution in [0.5, 0.6) is 5.19 Å². The van der Waals surface area contributed by atoms with E-state index in [1.807, 2.05) is 19.2 Å². The summed E-state index contributed by atoms with van der Waals surface area (Å²) in [5.74, 6) is 0.611. The monoisotopic (exact) mass is 437 g/mol. The lowest BCUT2D eigenvalue weighted by Crippen LogP contribution is -2.26. The second-order valence-corrected chi connectivity index (χ2v) is 8.77. The summed E-state index contributed by atoms with van der Waals surface area (Å²) in [4.78, 5) is 17.0. The Morgan fingerprint density at radius 1 is 1.40 bits per heavy atom. The zero-order valence-corrected chi connectivity index (χ0v) is 17.4. The van der Waals surface area contributed by atoms with Crippen molar-refractivity contribution in [2.75, 3.05) is 6.61 Å². The van der Waals surface area contributed by atoms with Crippen LogP contribution in [0.4, 0.5) is 13.2 Å². The molecule has 1 aromatic carbocycles. The van der Waals surface area contributed by atoms with E-state index >= 15 is 0 Å². The number of para-hydroxylation sites is 1. The number of amides is 1. The van der Waals surface area contributed by atoms with Gasteiger partial charge in [-0.15, -0.1) is 0 Å². The van der Waals surface area contributed by atoms with Crippen molar-refractivity contribution in [2.24, 2.45) is 13.0 Å². The highest BCUT2D eigenvalue weighted by Gasteiger charge is 2.41. The largest absolute Gasteiger partial charge is 0.460 e. The number of carbonyl (C=O) groups is 1. The van der Waals surface area contributed by atoms with Crippen molar-refractivity contribution >= 4 is 28.1 Å². The van der Waals surface area contributed by atoms with E-state index in [0.29, 0.717) is 23.1 Å². The fraction of sp³-hybridized carbons (Fsp3) is 0.429. The molecule has 0 unspecified atom stereocenters. The van der Waals surface area contributed by atoms with Crippen LogP contribution in [0.1, 0.15) is 42.2 Å². The molecule has 5 nitrogen and oxygen atoms in total. The standard InChI is InChI=1S/C21H22F3N3O2S/c1-12(18-9-25-20(30-18)29-11-21(22,23)24)26-19(28)8-13-7-15(13)16-10-27(2)17-6-4-3-5-14(16)17/h3-6,9-10,12-13,15H,7-8,11H2,1-2H3,(H,26,28)/t12-,13+,15-/m1/s1. The lowest BCUT2D eigenvalue weighted by molar-refractivity contribution is -0.153. The maximum Gasteiger partial charge on any atom is 0.422 e. The molecule has 3 atom stereocenters. The summed E-state index contributed by atoms with van der Waals surface area (Å²) in [7, 11) is 2.03. The smallest absolute Gasteiger partial charge is 0.422 e. The topological polar surface area (TPSA) is 56.2 Å². The van der Waals surface area contributed by atoms with E-state index in [-0.39, 0.29) is 17.1 Å². The van der Waals surface area contributed by atoms with Crippen molar-refractivity contribution in [3.8, 4) is 5.19 Å². The molecule has 1 N–H and O–H groups in total. The predicted octanol–water partition coefficient (Wildman–Crippen LogP) is 4.95. The van der Waals surface area contributed by atoms with Crippen molar-refractivity contribution in [3.63, 3.8) is 0 Å². The number of fused-ring (bicyclic) bond motifs is 1. The zero-order valence-electron chi connectivity index (χ0n) is 16.6. The average Bonchev–Trinajstić information content (AvgIpc) is 3.12. The second kappa shape index (κ2) is 7.94. The van der Waals surface area contributed by atoms with Crippen LogP contribution < -0.4 is 10.1 Å². The van der Waals surface area contributed by atoms with E-state index in [1.54, 1.807) is 6.92 Å². The first-order valence-electron chi connectivity index (χ1n) is 9.70. The second-order valence-electron chi connectivity index (χ2n) is 7.74. The van der Waals surface area contributed by atoms with E-state index < -0.39 is 12.8 Å².